The number of hydrogen-bond acceptors (Lipinski definition) is 6. The van der Waals surface area contributed by atoms with Crippen LogP contribution in [0.15, 0.2) is 54.6 Å². The Hall–Kier alpha value is -4.08. The van der Waals surface area contributed by atoms with E-state index in [0.29, 0.717) is 29.8 Å². The molecule has 0 spiro atoms. The van der Waals surface area contributed by atoms with Gasteiger partial charge in [-0.05, 0) is 48.4 Å². The number of aliphatic carboxylic acids is 1. The lowest BCUT2D eigenvalue weighted by atomic mass is 9.99. The number of carboxylic acid groups (broad SMARTS) is 1. The van der Waals surface area contributed by atoms with E-state index in [2.05, 4.69) is 39.0 Å². The number of nitrogens with one attached hydrogen (secondary N) is 1. The molecular formula is C30H32F6N4O5. The number of likely N-dealkylation sites (N-methyl/N-ethyl adjacent to an activating group) is 1. The van der Waals surface area contributed by atoms with E-state index < -0.39 is 18.5 Å². The number of aliphatic hydroxyl groups is 1. The SMILES string of the molecule is CN1CCN(Cc2ccc(-c3c(-c4cccc(OC(F)(F)F)c4)cc4n3C(CCO)CNC4=O)cc2)CC1.O=C(O)C(F)(F)F. The molecule has 3 aromatic rings. The van der Waals surface area contributed by atoms with Crippen LogP contribution in [-0.4, -0.2) is 95.4 Å². The van der Waals surface area contributed by atoms with E-state index >= 15 is 0 Å². The van der Waals surface area contributed by atoms with Crippen LogP contribution >= 0.6 is 0 Å². The minimum atomic E-state index is -5.08. The van der Waals surface area contributed by atoms with Gasteiger partial charge in [0.15, 0.2) is 0 Å². The first-order valence-corrected chi connectivity index (χ1v) is 14.0. The predicted molar refractivity (Wildman–Crippen MR) is 152 cm³/mol. The minimum absolute atomic E-state index is 0.0637. The third kappa shape index (κ3) is 8.77. The summed E-state index contributed by atoms with van der Waals surface area (Å²) in [5, 5.41) is 19.7. The highest BCUT2D eigenvalue weighted by molar-refractivity contribution is 5.98. The Morgan fingerprint density at radius 1 is 0.978 bits per heavy atom. The van der Waals surface area contributed by atoms with Gasteiger partial charge in [-0.3, -0.25) is 9.69 Å². The number of aromatic nitrogens is 1. The number of carbonyl (C=O) groups excluding carboxylic acids is 1. The highest BCUT2D eigenvalue weighted by atomic mass is 19.4. The maximum absolute atomic E-state index is 12.9. The Kier molecular flexibility index (Phi) is 10.5. The topological polar surface area (TPSA) is 107 Å². The number of fused-ring (bicyclic) bond motifs is 1. The van der Waals surface area contributed by atoms with Gasteiger partial charge in [-0.15, -0.1) is 13.2 Å². The maximum Gasteiger partial charge on any atom is 0.573 e. The fraction of sp³-hybridized carbons (Fsp3) is 0.400. The lowest BCUT2D eigenvalue weighted by molar-refractivity contribution is -0.274. The van der Waals surface area contributed by atoms with Crippen LogP contribution in [0.3, 0.4) is 0 Å². The largest absolute Gasteiger partial charge is 0.573 e. The van der Waals surface area contributed by atoms with Crippen LogP contribution in [0.4, 0.5) is 26.3 Å². The lowest BCUT2D eigenvalue weighted by Gasteiger charge is -2.32. The van der Waals surface area contributed by atoms with Gasteiger partial charge in [0.25, 0.3) is 5.91 Å². The second kappa shape index (κ2) is 13.9. The molecule has 9 nitrogen and oxygen atoms in total. The van der Waals surface area contributed by atoms with Crippen molar-refractivity contribution in [1.82, 2.24) is 19.7 Å². The third-order valence-electron chi connectivity index (χ3n) is 7.45. The number of carboxylic acids is 1. The standard InChI is InChI=1S/C28H31F3N4O3.C2HF3O2/c1-33-10-12-34(13-11-33)18-19-5-7-20(8-6-19)26-24(21-3-2-4-23(15-21)38-28(29,30)31)16-25-27(37)32-17-22(9-14-36)35(25)26;3-2(4,5)1(6)7/h2-8,15-16,22,36H,9-14,17-18H2,1H3,(H,32,37);(H,6,7). The summed E-state index contributed by atoms with van der Waals surface area (Å²) in [6.07, 6.45) is -9.47. The maximum atomic E-state index is 12.9. The van der Waals surface area contributed by atoms with Crippen LogP contribution in [0.25, 0.3) is 22.4 Å². The van der Waals surface area contributed by atoms with Gasteiger partial charge < -0.3 is 29.7 Å². The number of amides is 1. The molecule has 2 aromatic carbocycles. The normalized spacial score (nSPS) is 17.6. The summed E-state index contributed by atoms with van der Waals surface area (Å²) < 4.78 is 76.5. The molecule has 3 N–H and O–H groups in total. The van der Waals surface area contributed by atoms with Gasteiger partial charge >= 0.3 is 18.5 Å². The predicted octanol–water partition coefficient (Wildman–Crippen LogP) is 4.77. The zero-order chi connectivity index (χ0) is 32.9. The molecule has 2 aliphatic rings. The quantitative estimate of drug-likeness (QED) is 0.319. The first-order valence-electron chi connectivity index (χ1n) is 14.0. The van der Waals surface area contributed by atoms with Crippen molar-refractivity contribution in [3.05, 3.63) is 65.9 Å². The van der Waals surface area contributed by atoms with Gasteiger partial charge in [-0.2, -0.15) is 13.2 Å². The average molecular weight is 643 g/mol. The summed E-state index contributed by atoms with van der Waals surface area (Å²) in [6.45, 7) is 5.19. The van der Waals surface area contributed by atoms with Gasteiger partial charge in [0.2, 0.25) is 0 Å². The highest BCUT2D eigenvalue weighted by Gasteiger charge is 2.38. The van der Waals surface area contributed by atoms with Crippen molar-refractivity contribution in [2.75, 3.05) is 46.4 Å². The second-order valence-electron chi connectivity index (χ2n) is 10.7. The molecular weight excluding hydrogens is 610 g/mol. The van der Waals surface area contributed by atoms with Crippen molar-refractivity contribution in [2.45, 2.75) is 31.5 Å². The monoisotopic (exact) mass is 642 g/mol. The summed E-state index contributed by atoms with van der Waals surface area (Å²) in [5.41, 5.74) is 4.26. The number of hydrogen-bond donors (Lipinski definition) is 3. The summed E-state index contributed by atoms with van der Waals surface area (Å²) in [6, 6.07) is 15.4. The van der Waals surface area contributed by atoms with E-state index in [1.165, 1.54) is 18.2 Å². The fourth-order valence-electron chi connectivity index (χ4n) is 5.26. The Morgan fingerprint density at radius 2 is 1.62 bits per heavy atom. The van der Waals surface area contributed by atoms with E-state index in [9.17, 15) is 36.2 Å². The first kappa shape index (κ1) is 33.8. The number of piperazine rings is 1. The molecule has 0 radical (unpaired) electrons. The molecule has 0 aliphatic carbocycles. The molecule has 15 heteroatoms. The van der Waals surface area contributed by atoms with Crippen molar-refractivity contribution < 1.29 is 50.9 Å². The molecule has 1 amide bonds. The zero-order valence-corrected chi connectivity index (χ0v) is 24.2. The van der Waals surface area contributed by atoms with Gasteiger partial charge in [0.1, 0.15) is 11.4 Å². The average Bonchev–Trinajstić information content (AvgIpc) is 3.37. The minimum Gasteiger partial charge on any atom is -0.475 e. The van der Waals surface area contributed by atoms with Crippen molar-refractivity contribution in [2.24, 2.45) is 0 Å². The van der Waals surface area contributed by atoms with Crippen LogP contribution in [0.5, 0.6) is 5.75 Å². The molecule has 45 heavy (non-hydrogen) atoms. The second-order valence-corrected chi connectivity index (χ2v) is 10.7. The Morgan fingerprint density at radius 3 is 2.20 bits per heavy atom. The molecule has 3 heterocycles. The molecule has 1 aromatic heterocycles. The highest BCUT2D eigenvalue weighted by Crippen LogP contribution is 2.40. The number of alkyl halides is 6. The summed E-state index contributed by atoms with van der Waals surface area (Å²) in [4.78, 5) is 26.5. The van der Waals surface area contributed by atoms with Crippen molar-refractivity contribution in [1.29, 1.82) is 0 Å². The van der Waals surface area contributed by atoms with E-state index in [-0.39, 0.29) is 24.3 Å². The Labute approximate surface area is 254 Å². The number of carbonyl (C=O) groups is 2. The van der Waals surface area contributed by atoms with Crippen LogP contribution in [0, 0.1) is 0 Å². The molecule has 2 aliphatic heterocycles. The molecule has 1 saturated heterocycles. The van der Waals surface area contributed by atoms with Crippen LogP contribution in [-0.2, 0) is 11.3 Å². The van der Waals surface area contributed by atoms with Crippen LogP contribution in [0.2, 0.25) is 0 Å². The molecule has 0 bridgehead atoms. The number of nitrogens with zero attached hydrogens (tertiary/aromatic N) is 3. The number of rotatable bonds is 7. The van der Waals surface area contributed by atoms with Crippen LogP contribution < -0.4 is 10.1 Å². The number of aliphatic hydroxyl groups excluding tert-OH is 1. The van der Waals surface area contributed by atoms with Crippen molar-refractivity contribution >= 4 is 11.9 Å². The van der Waals surface area contributed by atoms with E-state index in [1.807, 2.05) is 16.7 Å². The molecule has 244 valence electrons. The van der Waals surface area contributed by atoms with Gasteiger partial charge in [0, 0.05) is 51.4 Å². The molecule has 1 fully saturated rings. The molecule has 1 unspecified atom stereocenters. The van der Waals surface area contributed by atoms with Gasteiger partial charge in [-0.1, -0.05) is 36.4 Å². The molecule has 0 saturated carbocycles. The van der Waals surface area contributed by atoms with E-state index in [4.69, 9.17) is 9.90 Å². The van der Waals surface area contributed by atoms with Gasteiger partial charge in [-0.25, -0.2) is 4.79 Å². The summed E-state index contributed by atoms with van der Waals surface area (Å²) in [5.74, 6) is -3.35. The van der Waals surface area contributed by atoms with Gasteiger partial charge in [0.05, 0.1) is 11.7 Å². The van der Waals surface area contributed by atoms with Crippen molar-refractivity contribution in [3.8, 4) is 28.1 Å². The summed E-state index contributed by atoms with van der Waals surface area (Å²) in [7, 11) is 2.12. The van der Waals surface area contributed by atoms with E-state index in [0.717, 1.165) is 49.5 Å². The number of ether oxygens (including phenoxy) is 1. The zero-order valence-electron chi connectivity index (χ0n) is 24.2. The first-order chi connectivity index (χ1) is 21.2. The summed E-state index contributed by atoms with van der Waals surface area (Å²) >= 11 is 0. The van der Waals surface area contributed by atoms with Crippen molar-refractivity contribution in [3.63, 3.8) is 0 Å². The third-order valence-corrected chi connectivity index (χ3v) is 7.45. The fourth-order valence-corrected chi connectivity index (χ4v) is 5.26. The molecule has 5 rings (SSSR count). The number of halogens is 6. The Balaban J connectivity index is 0.000000591. The lowest BCUT2D eigenvalue weighted by Crippen LogP contribution is -2.43. The number of benzene rings is 2. The van der Waals surface area contributed by atoms with E-state index in [1.54, 1.807) is 12.1 Å². The smallest absolute Gasteiger partial charge is 0.475 e. The molecule has 1 atom stereocenters. The van der Waals surface area contributed by atoms with Crippen LogP contribution in [0.1, 0.15) is 28.5 Å². The Bertz CT molecular complexity index is 1480.